The fraction of sp³-hybridized carbons (Fsp3) is 0.750. The SMILES string of the molecule is CONC(=O)N1CCC[C@H](Cn2nc(C)nc2C)C1. The van der Waals surface area contributed by atoms with Gasteiger partial charge < -0.3 is 4.90 Å². The minimum absolute atomic E-state index is 0.168. The first kappa shape index (κ1) is 13.8. The molecular formula is C12H21N5O2. The topological polar surface area (TPSA) is 72.3 Å². The normalized spacial score (nSPS) is 19.5. The molecular weight excluding hydrogens is 246 g/mol. The highest BCUT2D eigenvalue weighted by molar-refractivity contribution is 5.73. The third kappa shape index (κ3) is 3.44. The molecule has 0 aromatic carbocycles. The molecule has 1 aromatic rings. The number of nitrogens with one attached hydrogen (secondary N) is 1. The zero-order valence-corrected chi connectivity index (χ0v) is 11.7. The fourth-order valence-corrected chi connectivity index (χ4v) is 2.53. The van der Waals surface area contributed by atoms with E-state index >= 15 is 0 Å². The second kappa shape index (κ2) is 6.01. The number of hydroxylamine groups is 1. The molecule has 1 aromatic heterocycles. The summed E-state index contributed by atoms with van der Waals surface area (Å²) >= 11 is 0. The van der Waals surface area contributed by atoms with Crippen LogP contribution in [-0.4, -0.2) is 45.9 Å². The van der Waals surface area contributed by atoms with Gasteiger partial charge in [0.25, 0.3) is 0 Å². The highest BCUT2D eigenvalue weighted by atomic mass is 16.6. The van der Waals surface area contributed by atoms with Crippen molar-refractivity contribution < 1.29 is 9.63 Å². The average molecular weight is 267 g/mol. The molecule has 1 fully saturated rings. The summed E-state index contributed by atoms with van der Waals surface area (Å²) in [5, 5.41) is 4.37. The lowest BCUT2D eigenvalue weighted by Gasteiger charge is -2.32. The molecule has 2 heterocycles. The maximum absolute atomic E-state index is 11.7. The molecule has 1 aliphatic heterocycles. The van der Waals surface area contributed by atoms with Gasteiger partial charge in [-0.15, -0.1) is 0 Å². The van der Waals surface area contributed by atoms with E-state index in [9.17, 15) is 4.79 Å². The summed E-state index contributed by atoms with van der Waals surface area (Å²) in [6, 6.07) is -0.168. The summed E-state index contributed by atoms with van der Waals surface area (Å²) in [5.74, 6) is 2.13. The van der Waals surface area contributed by atoms with Crippen molar-refractivity contribution in [2.45, 2.75) is 33.2 Å². The Morgan fingerprint density at radius 2 is 2.32 bits per heavy atom. The number of carbonyl (C=O) groups excluding carboxylic acids is 1. The third-order valence-corrected chi connectivity index (χ3v) is 3.39. The summed E-state index contributed by atoms with van der Waals surface area (Å²) in [5.41, 5.74) is 2.37. The van der Waals surface area contributed by atoms with Gasteiger partial charge in [-0.25, -0.2) is 19.9 Å². The van der Waals surface area contributed by atoms with Crippen LogP contribution in [0.1, 0.15) is 24.5 Å². The predicted molar refractivity (Wildman–Crippen MR) is 69.3 cm³/mol. The van der Waals surface area contributed by atoms with Crippen LogP contribution in [0, 0.1) is 19.8 Å². The Hall–Kier alpha value is -1.63. The van der Waals surface area contributed by atoms with Gasteiger partial charge in [0, 0.05) is 19.6 Å². The number of piperidine rings is 1. The van der Waals surface area contributed by atoms with E-state index < -0.39 is 0 Å². The molecule has 0 unspecified atom stereocenters. The van der Waals surface area contributed by atoms with Gasteiger partial charge in [0.2, 0.25) is 0 Å². The molecule has 1 saturated heterocycles. The van der Waals surface area contributed by atoms with Gasteiger partial charge in [-0.2, -0.15) is 5.10 Å². The number of carbonyl (C=O) groups is 1. The Bertz CT molecular complexity index is 445. The Balaban J connectivity index is 1.94. The van der Waals surface area contributed by atoms with E-state index in [2.05, 4.69) is 20.4 Å². The molecule has 0 spiro atoms. The summed E-state index contributed by atoms with van der Waals surface area (Å²) in [4.78, 5) is 22.5. The van der Waals surface area contributed by atoms with Gasteiger partial charge in [-0.05, 0) is 32.6 Å². The zero-order chi connectivity index (χ0) is 13.8. The third-order valence-electron chi connectivity index (χ3n) is 3.39. The average Bonchev–Trinajstić information content (AvgIpc) is 2.68. The largest absolute Gasteiger partial charge is 0.341 e. The molecule has 7 nitrogen and oxygen atoms in total. The van der Waals surface area contributed by atoms with E-state index in [1.807, 2.05) is 18.5 Å². The quantitative estimate of drug-likeness (QED) is 0.825. The fourth-order valence-electron chi connectivity index (χ4n) is 2.53. The number of hydrogen-bond donors (Lipinski definition) is 1. The molecule has 7 heteroatoms. The number of aryl methyl sites for hydroxylation is 2. The molecule has 0 bridgehead atoms. The number of amides is 2. The van der Waals surface area contributed by atoms with Crippen molar-refractivity contribution in [3.05, 3.63) is 11.6 Å². The summed E-state index contributed by atoms with van der Waals surface area (Å²) in [6.07, 6.45) is 2.11. The van der Waals surface area contributed by atoms with Crippen LogP contribution in [0.3, 0.4) is 0 Å². The zero-order valence-electron chi connectivity index (χ0n) is 11.7. The van der Waals surface area contributed by atoms with Crippen molar-refractivity contribution in [3.8, 4) is 0 Å². The van der Waals surface area contributed by atoms with Gasteiger partial charge in [-0.1, -0.05) is 0 Å². The molecule has 2 amide bonds. The van der Waals surface area contributed by atoms with Gasteiger partial charge >= 0.3 is 6.03 Å². The summed E-state index contributed by atoms with van der Waals surface area (Å²) in [7, 11) is 1.45. The van der Waals surface area contributed by atoms with Crippen LogP contribution >= 0.6 is 0 Å². The maximum Gasteiger partial charge on any atom is 0.341 e. The van der Waals surface area contributed by atoms with Gasteiger partial charge in [0.15, 0.2) is 0 Å². The maximum atomic E-state index is 11.7. The molecule has 1 aliphatic rings. The van der Waals surface area contributed by atoms with E-state index in [1.165, 1.54) is 7.11 Å². The van der Waals surface area contributed by atoms with E-state index in [-0.39, 0.29) is 6.03 Å². The van der Waals surface area contributed by atoms with E-state index in [0.717, 1.165) is 44.1 Å². The molecule has 106 valence electrons. The van der Waals surface area contributed by atoms with Crippen LogP contribution in [0.25, 0.3) is 0 Å². The van der Waals surface area contributed by atoms with Crippen LogP contribution in [0.5, 0.6) is 0 Å². The Morgan fingerprint density at radius 1 is 1.53 bits per heavy atom. The smallest absolute Gasteiger partial charge is 0.323 e. The lowest BCUT2D eigenvalue weighted by molar-refractivity contribution is 0.0755. The van der Waals surface area contributed by atoms with Gasteiger partial charge in [-0.3, -0.25) is 4.84 Å². The summed E-state index contributed by atoms with van der Waals surface area (Å²) in [6.45, 7) is 6.17. The van der Waals surface area contributed by atoms with Crippen LogP contribution < -0.4 is 5.48 Å². The number of nitrogens with zero attached hydrogens (tertiary/aromatic N) is 4. The van der Waals surface area contributed by atoms with Crippen LogP contribution in [0.15, 0.2) is 0 Å². The van der Waals surface area contributed by atoms with Crippen molar-refractivity contribution in [1.29, 1.82) is 0 Å². The second-order valence-electron chi connectivity index (χ2n) is 4.95. The minimum Gasteiger partial charge on any atom is -0.323 e. The highest BCUT2D eigenvalue weighted by Crippen LogP contribution is 2.18. The highest BCUT2D eigenvalue weighted by Gasteiger charge is 2.24. The summed E-state index contributed by atoms with van der Waals surface area (Å²) < 4.78 is 1.93. The molecule has 1 N–H and O–H groups in total. The molecule has 1 atom stereocenters. The van der Waals surface area contributed by atoms with E-state index in [4.69, 9.17) is 0 Å². The standard InChI is InChI=1S/C12H21N5O2/c1-9-13-10(2)17(14-9)8-11-5-4-6-16(7-11)12(18)15-19-3/h11H,4-8H2,1-3H3,(H,15,18)/t11-/m0/s1. The molecule has 0 aliphatic carbocycles. The van der Waals surface area contributed by atoms with Crippen LogP contribution in [-0.2, 0) is 11.4 Å². The van der Waals surface area contributed by atoms with Crippen molar-refractivity contribution >= 4 is 6.03 Å². The number of urea groups is 1. The van der Waals surface area contributed by atoms with Crippen molar-refractivity contribution in [3.63, 3.8) is 0 Å². The van der Waals surface area contributed by atoms with Crippen molar-refractivity contribution in [2.75, 3.05) is 20.2 Å². The number of likely N-dealkylation sites (tertiary alicyclic amines) is 1. The van der Waals surface area contributed by atoms with E-state index in [1.54, 1.807) is 4.90 Å². The van der Waals surface area contributed by atoms with Crippen LogP contribution in [0.2, 0.25) is 0 Å². The molecule has 2 rings (SSSR count). The van der Waals surface area contributed by atoms with Crippen molar-refractivity contribution in [2.24, 2.45) is 5.92 Å². The predicted octanol–water partition coefficient (Wildman–Crippen LogP) is 0.878. The molecule has 0 radical (unpaired) electrons. The first-order valence-electron chi connectivity index (χ1n) is 6.56. The number of aromatic nitrogens is 3. The Labute approximate surface area is 112 Å². The van der Waals surface area contributed by atoms with Crippen molar-refractivity contribution in [1.82, 2.24) is 25.1 Å². The monoisotopic (exact) mass is 267 g/mol. The Morgan fingerprint density at radius 3 is 2.95 bits per heavy atom. The van der Waals surface area contributed by atoms with Gasteiger partial charge in [0.05, 0.1) is 7.11 Å². The lowest BCUT2D eigenvalue weighted by atomic mass is 9.98. The minimum atomic E-state index is -0.168. The van der Waals surface area contributed by atoms with Crippen LogP contribution in [0.4, 0.5) is 4.79 Å². The van der Waals surface area contributed by atoms with E-state index in [0.29, 0.717) is 5.92 Å². The first-order chi connectivity index (χ1) is 9.10. The first-order valence-corrected chi connectivity index (χ1v) is 6.56. The Kier molecular flexibility index (Phi) is 4.36. The lowest BCUT2D eigenvalue weighted by Crippen LogP contribution is -2.46. The number of hydrogen-bond acceptors (Lipinski definition) is 4. The van der Waals surface area contributed by atoms with Gasteiger partial charge in [0.1, 0.15) is 11.6 Å². The second-order valence-corrected chi connectivity index (χ2v) is 4.95. The number of rotatable bonds is 3. The molecule has 19 heavy (non-hydrogen) atoms. The molecule has 0 saturated carbocycles.